The second-order valence-corrected chi connectivity index (χ2v) is 5.55. The molecular weight excluding hydrogens is 252 g/mol. The summed E-state index contributed by atoms with van der Waals surface area (Å²) in [7, 11) is 0. The van der Waals surface area contributed by atoms with E-state index >= 15 is 0 Å². The molecule has 2 fully saturated rings. The van der Waals surface area contributed by atoms with Crippen molar-refractivity contribution in [2.45, 2.75) is 25.4 Å². The zero-order valence-electron chi connectivity index (χ0n) is 11.8. The minimum absolute atomic E-state index is 0.252. The zero-order chi connectivity index (χ0) is 13.8. The standard InChI is InChI=1S/C16H22N2O2/c1-12(13-2-5-17-9-13)14-8-16(11-18-10-14)20-15-3-6-19-7-4-15/h8,10-11,13,15,17H,1-7,9H2/t13-/m0/s1. The molecule has 1 N–H and O–H groups in total. The van der Waals surface area contributed by atoms with E-state index in [9.17, 15) is 0 Å². The third-order valence-corrected chi connectivity index (χ3v) is 4.11. The van der Waals surface area contributed by atoms with Gasteiger partial charge in [0.25, 0.3) is 0 Å². The van der Waals surface area contributed by atoms with Crippen molar-refractivity contribution < 1.29 is 9.47 Å². The molecule has 4 heteroatoms. The minimum Gasteiger partial charge on any atom is -0.489 e. The molecule has 0 spiro atoms. The topological polar surface area (TPSA) is 43.4 Å². The lowest BCUT2D eigenvalue weighted by Crippen LogP contribution is -2.25. The number of pyridine rings is 1. The Bertz CT molecular complexity index is 463. The fourth-order valence-electron chi connectivity index (χ4n) is 2.83. The van der Waals surface area contributed by atoms with Crippen LogP contribution < -0.4 is 10.1 Å². The van der Waals surface area contributed by atoms with Crippen molar-refractivity contribution in [3.8, 4) is 5.75 Å². The Labute approximate surface area is 120 Å². The number of hydrogen-bond acceptors (Lipinski definition) is 4. The van der Waals surface area contributed by atoms with Gasteiger partial charge in [0.1, 0.15) is 11.9 Å². The van der Waals surface area contributed by atoms with Gasteiger partial charge in [0.05, 0.1) is 19.4 Å². The van der Waals surface area contributed by atoms with Crippen molar-refractivity contribution in [2.24, 2.45) is 5.92 Å². The van der Waals surface area contributed by atoms with Crippen molar-refractivity contribution in [3.05, 3.63) is 30.6 Å². The maximum Gasteiger partial charge on any atom is 0.138 e. The maximum absolute atomic E-state index is 6.01. The summed E-state index contributed by atoms with van der Waals surface area (Å²) in [6.07, 6.45) is 7.00. The third-order valence-electron chi connectivity index (χ3n) is 4.11. The molecule has 1 aromatic rings. The predicted molar refractivity (Wildman–Crippen MR) is 78.7 cm³/mol. The lowest BCUT2D eigenvalue weighted by atomic mass is 9.94. The first-order chi connectivity index (χ1) is 9.83. The van der Waals surface area contributed by atoms with Crippen LogP contribution in [0, 0.1) is 5.92 Å². The molecule has 0 radical (unpaired) electrons. The molecule has 4 nitrogen and oxygen atoms in total. The highest BCUT2D eigenvalue weighted by Gasteiger charge is 2.20. The van der Waals surface area contributed by atoms with Crippen molar-refractivity contribution >= 4 is 5.57 Å². The van der Waals surface area contributed by atoms with Gasteiger partial charge >= 0.3 is 0 Å². The van der Waals surface area contributed by atoms with E-state index in [1.807, 2.05) is 6.20 Å². The van der Waals surface area contributed by atoms with Crippen molar-refractivity contribution in [3.63, 3.8) is 0 Å². The van der Waals surface area contributed by atoms with Crippen molar-refractivity contribution in [1.82, 2.24) is 10.3 Å². The molecule has 3 rings (SSSR count). The monoisotopic (exact) mass is 274 g/mol. The highest BCUT2D eigenvalue weighted by molar-refractivity contribution is 5.66. The lowest BCUT2D eigenvalue weighted by Gasteiger charge is -2.23. The van der Waals surface area contributed by atoms with Crippen LogP contribution >= 0.6 is 0 Å². The highest BCUT2D eigenvalue weighted by atomic mass is 16.5. The summed E-state index contributed by atoms with van der Waals surface area (Å²) < 4.78 is 11.4. The average Bonchev–Trinajstić information content (AvgIpc) is 3.02. The number of ether oxygens (including phenoxy) is 2. The highest BCUT2D eigenvalue weighted by Crippen LogP contribution is 2.28. The quantitative estimate of drug-likeness (QED) is 0.914. The van der Waals surface area contributed by atoms with Gasteiger partial charge in [-0.2, -0.15) is 0 Å². The zero-order valence-corrected chi connectivity index (χ0v) is 11.8. The smallest absolute Gasteiger partial charge is 0.138 e. The van der Waals surface area contributed by atoms with Crippen LogP contribution in [0.3, 0.4) is 0 Å². The van der Waals surface area contributed by atoms with Gasteiger partial charge < -0.3 is 14.8 Å². The Hall–Kier alpha value is -1.39. The SMILES string of the molecule is C=C(c1cncc(OC2CCOCC2)c1)[C@H]1CCNC1. The summed E-state index contributed by atoms with van der Waals surface area (Å²) in [6, 6.07) is 2.07. The van der Waals surface area contributed by atoms with Gasteiger partial charge in [-0.05, 0) is 36.1 Å². The molecule has 0 aromatic carbocycles. The number of hydrogen-bond donors (Lipinski definition) is 1. The first-order valence-electron chi connectivity index (χ1n) is 7.42. The second kappa shape index (κ2) is 6.37. The molecule has 0 aliphatic carbocycles. The van der Waals surface area contributed by atoms with Gasteiger partial charge in [0, 0.05) is 25.6 Å². The lowest BCUT2D eigenvalue weighted by molar-refractivity contribution is 0.0254. The first-order valence-corrected chi connectivity index (χ1v) is 7.42. The van der Waals surface area contributed by atoms with Gasteiger partial charge in [-0.1, -0.05) is 6.58 Å². The third kappa shape index (κ3) is 3.19. The van der Waals surface area contributed by atoms with Crippen molar-refractivity contribution in [1.29, 1.82) is 0 Å². The molecule has 0 unspecified atom stereocenters. The van der Waals surface area contributed by atoms with Gasteiger partial charge in [0.15, 0.2) is 0 Å². The van der Waals surface area contributed by atoms with E-state index in [-0.39, 0.29) is 6.10 Å². The molecule has 20 heavy (non-hydrogen) atoms. The van der Waals surface area contributed by atoms with E-state index < -0.39 is 0 Å². The summed E-state index contributed by atoms with van der Waals surface area (Å²) >= 11 is 0. The molecule has 0 saturated carbocycles. The summed E-state index contributed by atoms with van der Waals surface area (Å²) in [5.41, 5.74) is 2.27. The van der Waals surface area contributed by atoms with E-state index in [0.29, 0.717) is 5.92 Å². The Kier molecular flexibility index (Phi) is 4.33. The van der Waals surface area contributed by atoms with Gasteiger partial charge in [-0.3, -0.25) is 4.98 Å². The van der Waals surface area contributed by atoms with Crippen LogP contribution in [-0.2, 0) is 4.74 Å². The largest absolute Gasteiger partial charge is 0.489 e. The Balaban J connectivity index is 1.67. The van der Waals surface area contributed by atoms with E-state index in [1.165, 1.54) is 5.57 Å². The summed E-state index contributed by atoms with van der Waals surface area (Å²) in [5.74, 6) is 1.37. The number of nitrogens with zero attached hydrogens (tertiary/aromatic N) is 1. The van der Waals surface area contributed by atoms with Crippen LogP contribution in [0.15, 0.2) is 25.0 Å². The second-order valence-electron chi connectivity index (χ2n) is 5.55. The predicted octanol–water partition coefficient (Wildman–Crippen LogP) is 2.26. The van der Waals surface area contributed by atoms with Gasteiger partial charge in [-0.25, -0.2) is 0 Å². The fraction of sp³-hybridized carbons (Fsp3) is 0.562. The molecule has 2 aliphatic rings. The van der Waals surface area contributed by atoms with E-state index in [1.54, 1.807) is 6.20 Å². The van der Waals surface area contributed by atoms with Gasteiger partial charge in [0.2, 0.25) is 0 Å². The summed E-state index contributed by atoms with van der Waals surface area (Å²) in [6.45, 7) is 7.92. The van der Waals surface area contributed by atoms with Crippen LogP contribution in [0.1, 0.15) is 24.8 Å². The van der Waals surface area contributed by atoms with Crippen molar-refractivity contribution in [2.75, 3.05) is 26.3 Å². The molecule has 2 saturated heterocycles. The van der Waals surface area contributed by atoms with Gasteiger partial charge in [-0.15, -0.1) is 0 Å². The maximum atomic E-state index is 6.01. The Morgan fingerprint density at radius 2 is 2.15 bits per heavy atom. The fourth-order valence-corrected chi connectivity index (χ4v) is 2.83. The number of rotatable bonds is 4. The average molecular weight is 274 g/mol. The van der Waals surface area contributed by atoms with Crippen LogP contribution in [0.25, 0.3) is 5.57 Å². The number of nitrogens with one attached hydrogen (secondary N) is 1. The Morgan fingerprint density at radius 1 is 1.30 bits per heavy atom. The molecule has 3 heterocycles. The van der Waals surface area contributed by atoms with E-state index in [0.717, 1.165) is 56.9 Å². The molecule has 0 bridgehead atoms. The first kappa shape index (κ1) is 13.6. The molecule has 0 amide bonds. The van der Waals surface area contributed by atoms with Crippen LogP contribution in [-0.4, -0.2) is 37.4 Å². The molecule has 1 aromatic heterocycles. The van der Waals surface area contributed by atoms with E-state index in [4.69, 9.17) is 9.47 Å². The summed E-state index contributed by atoms with van der Waals surface area (Å²) in [4.78, 5) is 4.31. The molecule has 1 atom stereocenters. The normalized spacial score (nSPS) is 23.7. The minimum atomic E-state index is 0.252. The van der Waals surface area contributed by atoms with Crippen LogP contribution in [0.5, 0.6) is 5.75 Å². The van der Waals surface area contributed by atoms with Crippen LogP contribution in [0.4, 0.5) is 0 Å². The molecular formula is C16H22N2O2. The summed E-state index contributed by atoms with van der Waals surface area (Å²) in [5, 5.41) is 3.38. The molecule has 2 aliphatic heterocycles. The molecule has 108 valence electrons. The number of aromatic nitrogens is 1. The van der Waals surface area contributed by atoms with E-state index in [2.05, 4.69) is 22.9 Å². The van der Waals surface area contributed by atoms with Crippen LogP contribution in [0.2, 0.25) is 0 Å². The Morgan fingerprint density at radius 3 is 2.90 bits per heavy atom.